The summed E-state index contributed by atoms with van der Waals surface area (Å²) in [6, 6.07) is 0. The lowest BCUT2D eigenvalue weighted by atomic mass is 10.0. The summed E-state index contributed by atoms with van der Waals surface area (Å²) in [6.45, 7) is 13.6. The number of carbonyl (C=O) groups excluding carboxylic acids is 1. The van der Waals surface area contributed by atoms with Crippen molar-refractivity contribution >= 4 is 5.91 Å². The zero-order chi connectivity index (χ0) is 11.2. The topological polar surface area (TPSA) is 32.3 Å². The largest absolute Gasteiger partial charge is 0.338 e. The van der Waals surface area contributed by atoms with Crippen LogP contribution in [0, 0.1) is 0 Å². The molecule has 0 aliphatic rings. The normalized spacial score (nSPS) is 11.1. The highest BCUT2D eigenvalue weighted by Crippen LogP contribution is 2.07. The molecule has 14 heavy (non-hydrogen) atoms. The number of rotatable bonds is 6. The summed E-state index contributed by atoms with van der Waals surface area (Å²) in [7, 11) is 0. The Morgan fingerprint density at radius 3 is 2.43 bits per heavy atom. The molecule has 0 spiro atoms. The lowest BCUT2D eigenvalue weighted by Gasteiger charge is -2.31. The van der Waals surface area contributed by atoms with E-state index in [1.807, 2.05) is 27.7 Å². The summed E-state index contributed by atoms with van der Waals surface area (Å²) in [5.74, 6) is 0.127. The number of carbonyl (C=O) groups is 1. The van der Waals surface area contributed by atoms with Crippen molar-refractivity contribution < 1.29 is 4.79 Å². The van der Waals surface area contributed by atoms with Crippen LogP contribution >= 0.6 is 0 Å². The molecule has 3 heteroatoms. The van der Waals surface area contributed by atoms with Gasteiger partial charge in [0.1, 0.15) is 0 Å². The zero-order valence-electron chi connectivity index (χ0n) is 9.76. The zero-order valence-corrected chi connectivity index (χ0v) is 9.76. The quantitative estimate of drug-likeness (QED) is 0.654. The molecule has 0 unspecified atom stereocenters. The lowest BCUT2D eigenvalue weighted by Crippen LogP contribution is -2.54. The monoisotopic (exact) mass is 198 g/mol. The third-order valence-corrected chi connectivity index (χ3v) is 2.17. The Bertz CT molecular complexity index is 199. The fourth-order valence-electron chi connectivity index (χ4n) is 1.42. The molecule has 0 bridgehead atoms. The molecule has 0 radical (unpaired) electrons. The van der Waals surface area contributed by atoms with Crippen molar-refractivity contribution in [3.63, 3.8) is 0 Å². The maximum absolute atomic E-state index is 12.0. The van der Waals surface area contributed by atoms with Gasteiger partial charge >= 0.3 is 0 Å². The molecule has 0 aliphatic carbocycles. The highest BCUT2D eigenvalue weighted by Gasteiger charge is 2.29. The van der Waals surface area contributed by atoms with Crippen molar-refractivity contribution in [2.45, 2.75) is 33.2 Å². The molecule has 0 atom stereocenters. The number of likely N-dealkylation sites (N-methyl/N-ethyl adjacent to an activating group) is 2. The summed E-state index contributed by atoms with van der Waals surface area (Å²) in [5, 5.41) is 3.17. The number of amides is 1. The van der Waals surface area contributed by atoms with Gasteiger partial charge in [0.25, 0.3) is 0 Å². The average Bonchev–Trinajstić information content (AvgIpc) is 2.13. The van der Waals surface area contributed by atoms with E-state index < -0.39 is 5.54 Å². The maximum Gasteiger partial charge on any atom is 0.242 e. The van der Waals surface area contributed by atoms with E-state index >= 15 is 0 Å². The highest BCUT2D eigenvalue weighted by molar-refractivity contribution is 5.85. The van der Waals surface area contributed by atoms with Gasteiger partial charge < -0.3 is 10.2 Å². The second kappa shape index (κ2) is 5.81. The second-order valence-electron chi connectivity index (χ2n) is 3.79. The van der Waals surface area contributed by atoms with Crippen molar-refractivity contribution in [2.75, 3.05) is 19.6 Å². The Balaban J connectivity index is 4.46. The number of nitrogens with zero attached hydrogens (tertiary/aromatic N) is 1. The molecular formula is C11H22N2O. The molecule has 0 heterocycles. The standard InChI is InChI=1S/C11H22N2O/c1-6-9-13(8-3)10(14)11(4,5)12-7-2/h6,12H,1,7-9H2,2-5H3. The molecule has 0 aromatic carbocycles. The molecule has 0 rings (SSSR count). The molecule has 0 saturated heterocycles. The van der Waals surface area contributed by atoms with E-state index in [2.05, 4.69) is 11.9 Å². The second-order valence-corrected chi connectivity index (χ2v) is 3.79. The van der Waals surface area contributed by atoms with Crippen LogP contribution in [0.25, 0.3) is 0 Å². The van der Waals surface area contributed by atoms with Gasteiger partial charge in [-0.25, -0.2) is 0 Å². The van der Waals surface area contributed by atoms with E-state index in [-0.39, 0.29) is 5.91 Å². The van der Waals surface area contributed by atoms with Crippen LogP contribution in [0.4, 0.5) is 0 Å². The van der Waals surface area contributed by atoms with Crippen molar-refractivity contribution in [1.82, 2.24) is 10.2 Å². The first-order valence-electron chi connectivity index (χ1n) is 5.14. The Hall–Kier alpha value is -0.830. The Morgan fingerprint density at radius 1 is 1.50 bits per heavy atom. The summed E-state index contributed by atoms with van der Waals surface area (Å²) < 4.78 is 0. The van der Waals surface area contributed by atoms with Crippen LogP contribution in [0.2, 0.25) is 0 Å². The van der Waals surface area contributed by atoms with Gasteiger partial charge in [0.05, 0.1) is 5.54 Å². The first-order chi connectivity index (χ1) is 6.49. The van der Waals surface area contributed by atoms with Gasteiger partial charge in [0, 0.05) is 13.1 Å². The number of hydrogen-bond acceptors (Lipinski definition) is 2. The highest BCUT2D eigenvalue weighted by atomic mass is 16.2. The minimum Gasteiger partial charge on any atom is -0.338 e. The fourth-order valence-corrected chi connectivity index (χ4v) is 1.42. The van der Waals surface area contributed by atoms with Crippen LogP contribution in [-0.4, -0.2) is 36.0 Å². The van der Waals surface area contributed by atoms with E-state index in [9.17, 15) is 4.79 Å². The van der Waals surface area contributed by atoms with Crippen LogP contribution in [0.5, 0.6) is 0 Å². The Labute approximate surface area is 87.2 Å². The van der Waals surface area contributed by atoms with Gasteiger partial charge in [-0.2, -0.15) is 0 Å². The molecule has 82 valence electrons. The fraction of sp³-hybridized carbons (Fsp3) is 0.727. The summed E-state index contributed by atoms with van der Waals surface area (Å²) in [6.07, 6.45) is 1.75. The van der Waals surface area contributed by atoms with Crippen molar-refractivity contribution in [3.05, 3.63) is 12.7 Å². The van der Waals surface area contributed by atoms with E-state index in [1.54, 1.807) is 11.0 Å². The average molecular weight is 198 g/mol. The lowest BCUT2D eigenvalue weighted by molar-refractivity contribution is -0.136. The third-order valence-electron chi connectivity index (χ3n) is 2.17. The molecule has 0 aliphatic heterocycles. The van der Waals surface area contributed by atoms with Crippen LogP contribution < -0.4 is 5.32 Å². The van der Waals surface area contributed by atoms with Gasteiger partial charge in [-0.1, -0.05) is 13.0 Å². The summed E-state index contributed by atoms with van der Waals surface area (Å²) in [4.78, 5) is 13.8. The van der Waals surface area contributed by atoms with Gasteiger partial charge in [-0.05, 0) is 27.3 Å². The maximum atomic E-state index is 12.0. The van der Waals surface area contributed by atoms with Gasteiger partial charge in [0.15, 0.2) is 0 Å². The third kappa shape index (κ3) is 3.50. The minimum atomic E-state index is -0.478. The Morgan fingerprint density at radius 2 is 2.07 bits per heavy atom. The van der Waals surface area contributed by atoms with E-state index in [0.717, 1.165) is 13.1 Å². The molecule has 0 aromatic rings. The Kier molecular flexibility index (Phi) is 5.46. The molecule has 0 aromatic heterocycles. The number of nitrogens with one attached hydrogen (secondary N) is 1. The van der Waals surface area contributed by atoms with Crippen LogP contribution in [0.1, 0.15) is 27.7 Å². The van der Waals surface area contributed by atoms with E-state index in [1.165, 1.54) is 0 Å². The van der Waals surface area contributed by atoms with Crippen molar-refractivity contribution in [3.8, 4) is 0 Å². The van der Waals surface area contributed by atoms with Crippen LogP contribution in [0.15, 0.2) is 12.7 Å². The predicted octanol–water partition coefficient (Wildman–Crippen LogP) is 1.41. The van der Waals surface area contributed by atoms with Crippen molar-refractivity contribution in [1.29, 1.82) is 0 Å². The van der Waals surface area contributed by atoms with E-state index in [0.29, 0.717) is 6.54 Å². The van der Waals surface area contributed by atoms with Crippen LogP contribution in [-0.2, 0) is 4.79 Å². The smallest absolute Gasteiger partial charge is 0.242 e. The van der Waals surface area contributed by atoms with Gasteiger partial charge in [-0.3, -0.25) is 4.79 Å². The SMILES string of the molecule is C=CCN(CC)C(=O)C(C)(C)NCC. The molecule has 0 saturated carbocycles. The summed E-state index contributed by atoms with van der Waals surface area (Å²) in [5.41, 5.74) is -0.478. The van der Waals surface area contributed by atoms with Crippen LogP contribution in [0.3, 0.4) is 0 Å². The molecule has 1 amide bonds. The number of hydrogen-bond donors (Lipinski definition) is 1. The molecule has 1 N–H and O–H groups in total. The van der Waals surface area contributed by atoms with E-state index in [4.69, 9.17) is 0 Å². The van der Waals surface area contributed by atoms with Gasteiger partial charge in [-0.15, -0.1) is 6.58 Å². The molecular weight excluding hydrogens is 176 g/mol. The first kappa shape index (κ1) is 13.2. The predicted molar refractivity (Wildman–Crippen MR) is 60.2 cm³/mol. The minimum absolute atomic E-state index is 0.127. The summed E-state index contributed by atoms with van der Waals surface area (Å²) >= 11 is 0. The molecule has 3 nitrogen and oxygen atoms in total. The van der Waals surface area contributed by atoms with Gasteiger partial charge in [0.2, 0.25) is 5.91 Å². The first-order valence-corrected chi connectivity index (χ1v) is 5.14. The molecule has 0 fully saturated rings. The van der Waals surface area contributed by atoms with Crippen molar-refractivity contribution in [2.24, 2.45) is 0 Å².